The zero-order chi connectivity index (χ0) is 17.9. The van der Waals surface area contributed by atoms with Crippen molar-refractivity contribution in [1.82, 2.24) is 4.98 Å². The lowest BCUT2D eigenvalue weighted by Gasteiger charge is -2.05. The van der Waals surface area contributed by atoms with Gasteiger partial charge in [-0.3, -0.25) is 0 Å². The number of hydrogen-bond acceptors (Lipinski definition) is 2. The molecule has 0 amide bonds. The van der Waals surface area contributed by atoms with Gasteiger partial charge in [0, 0.05) is 10.9 Å². The SMILES string of the molecule is NCCCCc1c(-c2ccc(Br)s2)[nH]c2ccc(-c3ccccc3)cc12. The molecule has 0 saturated carbocycles. The van der Waals surface area contributed by atoms with Crippen molar-refractivity contribution < 1.29 is 0 Å². The normalized spacial score (nSPS) is 11.3. The van der Waals surface area contributed by atoms with Crippen molar-refractivity contribution in [3.05, 3.63) is 70.0 Å². The molecule has 0 saturated heterocycles. The van der Waals surface area contributed by atoms with Crippen molar-refractivity contribution in [2.45, 2.75) is 19.3 Å². The summed E-state index contributed by atoms with van der Waals surface area (Å²) in [6.07, 6.45) is 3.21. The number of fused-ring (bicyclic) bond motifs is 1. The first-order valence-corrected chi connectivity index (χ1v) is 10.5. The van der Waals surface area contributed by atoms with Gasteiger partial charge < -0.3 is 10.7 Å². The summed E-state index contributed by atoms with van der Waals surface area (Å²) >= 11 is 5.36. The van der Waals surface area contributed by atoms with E-state index >= 15 is 0 Å². The molecule has 3 N–H and O–H groups in total. The van der Waals surface area contributed by atoms with Gasteiger partial charge in [-0.1, -0.05) is 36.4 Å². The summed E-state index contributed by atoms with van der Waals surface area (Å²) in [5.74, 6) is 0. The predicted molar refractivity (Wildman–Crippen MR) is 117 cm³/mol. The van der Waals surface area contributed by atoms with Gasteiger partial charge in [0.2, 0.25) is 0 Å². The molecule has 0 aliphatic heterocycles. The number of aromatic nitrogens is 1. The Labute approximate surface area is 166 Å². The minimum absolute atomic E-state index is 0.748. The highest BCUT2D eigenvalue weighted by atomic mass is 79.9. The van der Waals surface area contributed by atoms with Crippen LogP contribution in [0, 0.1) is 0 Å². The molecule has 4 aromatic rings. The van der Waals surface area contributed by atoms with Crippen LogP contribution >= 0.6 is 27.3 Å². The Bertz CT molecular complexity index is 1020. The van der Waals surface area contributed by atoms with Gasteiger partial charge in [-0.2, -0.15) is 0 Å². The zero-order valence-electron chi connectivity index (χ0n) is 14.5. The maximum Gasteiger partial charge on any atom is 0.0705 e. The number of aromatic amines is 1. The van der Waals surface area contributed by atoms with Crippen molar-refractivity contribution in [3.63, 3.8) is 0 Å². The standard InChI is InChI=1S/C22H21BrN2S/c23-21-12-11-20(26-21)22-17(8-4-5-13-24)18-14-16(9-10-19(18)25-22)15-6-2-1-3-7-15/h1-3,6-7,9-12,14,25H,4-5,8,13,24H2. The Morgan fingerprint density at radius 2 is 1.77 bits per heavy atom. The van der Waals surface area contributed by atoms with Crippen molar-refractivity contribution in [1.29, 1.82) is 0 Å². The van der Waals surface area contributed by atoms with Gasteiger partial charge in [-0.25, -0.2) is 0 Å². The third-order valence-electron chi connectivity index (χ3n) is 4.71. The van der Waals surface area contributed by atoms with Crippen LogP contribution < -0.4 is 5.73 Å². The molecule has 4 heteroatoms. The molecule has 0 aliphatic rings. The quantitative estimate of drug-likeness (QED) is 0.336. The molecule has 2 heterocycles. The van der Waals surface area contributed by atoms with Crippen molar-refractivity contribution in [2.24, 2.45) is 5.73 Å². The third kappa shape index (κ3) is 3.50. The number of halogens is 1. The summed E-state index contributed by atoms with van der Waals surface area (Å²) in [4.78, 5) is 4.93. The lowest BCUT2D eigenvalue weighted by molar-refractivity contribution is 0.748. The molecule has 0 bridgehead atoms. The van der Waals surface area contributed by atoms with E-state index in [2.05, 4.69) is 81.6 Å². The number of hydrogen-bond donors (Lipinski definition) is 2. The van der Waals surface area contributed by atoms with Crippen LogP contribution in [0.25, 0.3) is 32.6 Å². The van der Waals surface area contributed by atoms with E-state index < -0.39 is 0 Å². The van der Waals surface area contributed by atoms with Gasteiger partial charge in [0.1, 0.15) is 0 Å². The van der Waals surface area contributed by atoms with E-state index in [9.17, 15) is 0 Å². The largest absolute Gasteiger partial charge is 0.354 e. The number of benzene rings is 2. The molecule has 0 aliphatic carbocycles. The number of aryl methyl sites for hydroxylation is 1. The van der Waals surface area contributed by atoms with Crippen molar-refractivity contribution in [3.8, 4) is 21.7 Å². The molecule has 2 aromatic heterocycles. The summed E-state index contributed by atoms with van der Waals surface area (Å²) in [5, 5.41) is 1.32. The topological polar surface area (TPSA) is 41.8 Å². The Hall–Kier alpha value is -1.88. The van der Waals surface area contributed by atoms with E-state index in [0.29, 0.717) is 0 Å². The van der Waals surface area contributed by atoms with Crippen LogP contribution in [-0.2, 0) is 6.42 Å². The third-order valence-corrected chi connectivity index (χ3v) is 6.35. The average Bonchev–Trinajstić information content (AvgIpc) is 3.26. The Balaban J connectivity index is 1.84. The van der Waals surface area contributed by atoms with Crippen molar-refractivity contribution >= 4 is 38.2 Å². The highest BCUT2D eigenvalue weighted by molar-refractivity contribution is 9.11. The monoisotopic (exact) mass is 424 g/mol. The first-order chi connectivity index (χ1) is 12.8. The van der Waals surface area contributed by atoms with E-state index in [1.165, 1.54) is 38.2 Å². The molecule has 0 unspecified atom stereocenters. The number of H-pyrrole nitrogens is 1. The molecule has 0 spiro atoms. The van der Waals surface area contributed by atoms with E-state index in [-0.39, 0.29) is 0 Å². The number of thiophene rings is 1. The molecule has 0 radical (unpaired) electrons. The highest BCUT2D eigenvalue weighted by Crippen LogP contribution is 2.38. The predicted octanol–water partition coefficient (Wildman–Crippen LogP) is 6.61. The first-order valence-electron chi connectivity index (χ1n) is 8.92. The maximum atomic E-state index is 5.72. The number of rotatable bonds is 6. The Morgan fingerprint density at radius 3 is 2.50 bits per heavy atom. The molecule has 0 atom stereocenters. The summed E-state index contributed by atoms with van der Waals surface area (Å²) in [6, 6.07) is 21.6. The van der Waals surface area contributed by atoms with Gasteiger partial charge in [-0.05, 0) is 82.7 Å². The van der Waals surface area contributed by atoms with Crippen LogP contribution in [-0.4, -0.2) is 11.5 Å². The van der Waals surface area contributed by atoms with Gasteiger partial charge in [-0.15, -0.1) is 11.3 Å². The molecular formula is C22H21BrN2S. The van der Waals surface area contributed by atoms with Crippen LogP contribution in [0.4, 0.5) is 0 Å². The molecule has 26 heavy (non-hydrogen) atoms. The second-order valence-corrected chi connectivity index (χ2v) is 8.92. The van der Waals surface area contributed by atoms with Crippen LogP contribution in [0.3, 0.4) is 0 Å². The summed E-state index contributed by atoms with van der Waals surface area (Å²) < 4.78 is 1.16. The van der Waals surface area contributed by atoms with E-state index in [1.54, 1.807) is 11.3 Å². The average molecular weight is 425 g/mol. The van der Waals surface area contributed by atoms with Gasteiger partial charge >= 0.3 is 0 Å². The Kier molecular flexibility index (Phi) is 5.25. The molecule has 4 rings (SSSR count). The maximum absolute atomic E-state index is 5.72. The summed E-state index contributed by atoms with van der Waals surface area (Å²) in [7, 11) is 0. The van der Waals surface area contributed by atoms with Crippen molar-refractivity contribution in [2.75, 3.05) is 6.54 Å². The Morgan fingerprint density at radius 1 is 0.923 bits per heavy atom. The summed E-state index contributed by atoms with van der Waals surface area (Å²) in [6.45, 7) is 0.748. The second-order valence-electron chi connectivity index (χ2n) is 6.45. The fourth-order valence-corrected chi connectivity index (χ4v) is 4.84. The minimum Gasteiger partial charge on any atom is -0.354 e. The number of unbranched alkanes of at least 4 members (excludes halogenated alkanes) is 1. The van der Waals surface area contributed by atoms with Gasteiger partial charge in [0.15, 0.2) is 0 Å². The van der Waals surface area contributed by atoms with Gasteiger partial charge in [0.05, 0.1) is 14.4 Å². The second kappa shape index (κ2) is 7.78. The first kappa shape index (κ1) is 17.5. The lowest BCUT2D eigenvalue weighted by atomic mass is 9.99. The smallest absolute Gasteiger partial charge is 0.0705 e. The summed E-state index contributed by atoms with van der Waals surface area (Å²) in [5.41, 5.74) is 12.1. The van der Waals surface area contributed by atoms with Crippen LogP contribution in [0.1, 0.15) is 18.4 Å². The van der Waals surface area contributed by atoms with E-state index in [4.69, 9.17) is 5.73 Å². The lowest BCUT2D eigenvalue weighted by Crippen LogP contribution is -1.99. The number of nitrogens with two attached hydrogens (primary N) is 1. The van der Waals surface area contributed by atoms with E-state index in [0.717, 1.165) is 29.6 Å². The van der Waals surface area contributed by atoms with Crippen LogP contribution in [0.2, 0.25) is 0 Å². The zero-order valence-corrected chi connectivity index (χ0v) is 16.9. The minimum atomic E-state index is 0.748. The molecule has 2 aromatic carbocycles. The molecule has 2 nitrogen and oxygen atoms in total. The highest BCUT2D eigenvalue weighted by Gasteiger charge is 2.15. The van der Waals surface area contributed by atoms with E-state index in [1.807, 2.05) is 0 Å². The molecule has 0 fully saturated rings. The fraction of sp³-hybridized carbons (Fsp3) is 0.182. The molecule has 132 valence electrons. The molecular weight excluding hydrogens is 404 g/mol. The van der Waals surface area contributed by atoms with Crippen LogP contribution in [0.15, 0.2) is 64.5 Å². The fourth-order valence-electron chi connectivity index (χ4n) is 3.42. The van der Waals surface area contributed by atoms with Gasteiger partial charge in [0.25, 0.3) is 0 Å². The van der Waals surface area contributed by atoms with Crippen LogP contribution in [0.5, 0.6) is 0 Å². The number of nitrogens with one attached hydrogen (secondary N) is 1.